The van der Waals surface area contributed by atoms with Crippen LogP contribution in [0.5, 0.6) is 0 Å². The molecular formula is C14H21N. The smallest absolute Gasteiger partial charge is 0.00955 e. The van der Waals surface area contributed by atoms with E-state index in [-0.39, 0.29) is 0 Å². The van der Waals surface area contributed by atoms with Crippen LogP contribution in [0.2, 0.25) is 0 Å². The molecule has 0 amide bonds. The molecule has 1 nitrogen and oxygen atoms in total. The van der Waals surface area contributed by atoms with Crippen molar-refractivity contribution in [1.82, 2.24) is 5.32 Å². The molecule has 0 aliphatic heterocycles. The molecule has 1 aliphatic rings. The second kappa shape index (κ2) is 5.32. The molecule has 1 heteroatoms. The fourth-order valence-corrected chi connectivity index (χ4v) is 2.75. The summed E-state index contributed by atoms with van der Waals surface area (Å²) < 4.78 is 0. The van der Waals surface area contributed by atoms with Crippen LogP contribution < -0.4 is 5.32 Å². The van der Waals surface area contributed by atoms with Gasteiger partial charge < -0.3 is 5.32 Å². The number of hydrogen-bond acceptors (Lipinski definition) is 1. The van der Waals surface area contributed by atoms with Crippen LogP contribution in [0.1, 0.15) is 31.2 Å². The Hall–Kier alpha value is -0.820. The SMILES string of the molecule is CNC1CCCCC1Cc1ccccc1. The van der Waals surface area contributed by atoms with Gasteiger partial charge in [0, 0.05) is 6.04 Å². The van der Waals surface area contributed by atoms with Crippen molar-refractivity contribution in [3.63, 3.8) is 0 Å². The van der Waals surface area contributed by atoms with Crippen molar-refractivity contribution in [2.24, 2.45) is 5.92 Å². The van der Waals surface area contributed by atoms with Gasteiger partial charge >= 0.3 is 0 Å². The lowest BCUT2D eigenvalue weighted by molar-refractivity contribution is 0.273. The van der Waals surface area contributed by atoms with Crippen LogP contribution in [-0.2, 0) is 6.42 Å². The average Bonchev–Trinajstić information content (AvgIpc) is 2.31. The molecule has 0 spiro atoms. The molecule has 0 bridgehead atoms. The summed E-state index contributed by atoms with van der Waals surface area (Å²) in [6.07, 6.45) is 6.80. The summed E-state index contributed by atoms with van der Waals surface area (Å²) in [5.41, 5.74) is 1.49. The molecule has 0 heterocycles. The second-order valence-electron chi connectivity index (χ2n) is 4.63. The number of rotatable bonds is 3. The van der Waals surface area contributed by atoms with E-state index in [1.54, 1.807) is 0 Å². The average molecular weight is 203 g/mol. The Morgan fingerprint density at radius 2 is 1.87 bits per heavy atom. The summed E-state index contributed by atoms with van der Waals surface area (Å²) in [6, 6.07) is 11.6. The van der Waals surface area contributed by atoms with Crippen LogP contribution in [0.15, 0.2) is 30.3 Å². The Kier molecular flexibility index (Phi) is 3.79. The van der Waals surface area contributed by atoms with Crippen molar-refractivity contribution in [1.29, 1.82) is 0 Å². The molecule has 1 fully saturated rings. The highest BCUT2D eigenvalue weighted by Crippen LogP contribution is 2.27. The van der Waals surface area contributed by atoms with Crippen molar-refractivity contribution in [3.05, 3.63) is 35.9 Å². The highest BCUT2D eigenvalue weighted by Gasteiger charge is 2.23. The molecule has 2 rings (SSSR count). The van der Waals surface area contributed by atoms with Gasteiger partial charge in [0.1, 0.15) is 0 Å². The van der Waals surface area contributed by atoms with Crippen molar-refractivity contribution >= 4 is 0 Å². The topological polar surface area (TPSA) is 12.0 Å². The van der Waals surface area contributed by atoms with Crippen LogP contribution in [0.4, 0.5) is 0 Å². The molecule has 1 aromatic carbocycles. The van der Waals surface area contributed by atoms with Crippen LogP contribution in [0.25, 0.3) is 0 Å². The van der Waals surface area contributed by atoms with Gasteiger partial charge in [0.25, 0.3) is 0 Å². The Bertz CT molecular complexity index is 281. The quantitative estimate of drug-likeness (QED) is 0.796. The minimum Gasteiger partial charge on any atom is -0.317 e. The molecule has 0 saturated heterocycles. The van der Waals surface area contributed by atoms with Gasteiger partial charge in [-0.05, 0) is 37.8 Å². The molecular weight excluding hydrogens is 182 g/mol. The third-order valence-corrected chi connectivity index (χ3v) is 3.62. The van der Waals surface area contributed by atoms with Gasteiger partial charge in [-0.1, -0.05) is 43.2 Å². The third-order valence-electron chi connectivity index (χ3n) is 3.62. The van der Waals surface area contributed by atoms with E-state index in [1.165, 1.54) is 37.7 Å². The second-order valence-corrected chi connectivity index (χ2v) is 4.63. The zero-order valence-corrected chi connectivity index (χ0v) is 9.58. The molecule has 1 aromatic rings. The first kappa shape index (κ1) is 10.7. The Balaban J connectivity index is 1.97. The lowest BCUT2D eigenvalue weighted by Gasteiger charge is -2.31. The first-order valence-electron chi connectivity index (χ1n) is 6.11. The van der Waals surface area contributed by atoms with E-state index in [1.807, 2.05) is 0 Å². The van der Waals surface area contributed by atoms with E-state index in [2.05, 4.69) is 42.7 Å². The van der Waals surface area contributed by atoms with Gasteiger partial charge in [0.2, 0.25) is 0 Å². The largest absolute Gasteiger partial charge is 0.317 e. The van der Waals surface area contributed by atoms with Gasteiger partial charge in [-0.25, -0.2) is 0 Å². The highest BCUT2D eigenvalue weighted by atomic mass is 14.9. The van der Waals surface area contributed by atoms with Gasteiger partial charge in [0.05, 0.1) is 0 Å². The van der Waals surface area contributed by atoms with Gasteiger partial charge in [-0.2, -0.15) is 0 Å². The highest BCUT2D eigenvalue weighted by molar-refractivity contribution is 5.15. The van der Waals surface area contributed by atoms with Crippen molar-refractivity contribution < 1.29 is 0 Å². The lowest BCUT2D eigenvalue weighted by atomic mass is 9.81. The summed E-state index contributed by atoms with van der Waals surface area (Å²) >= 11 is 0. The van der Waals surface area contributed by atoms with E-state index in [9.17, 15) is 0 Å². The third kappa shape index (κ3) is 2.82. The van der Waals surface area contributed by atoms with Crippen molar-refractivity contribution in [2.75, 3.05) is 7.05 Å². The predicted molar refractivity (Wildman–Crippen MR) is 65.0 cm³/mol. The monoisotopic (exact) mass is 203 g/mol. The van der Waals surface area contributed by atoms with Gasteiger partial charge in [0.15, 0.2) is 0 Å². The molecule has 0 aromatic heterocycles. The molecule has 15 heavy (non-hydrogen) atoms. The summed E-state index contributed by atoms with van der Waals surface area (Å²) in [7, 11) is 2.11. The molecule has 1 saturated carbocycles. The van der Waals surface area contributed by atoms with Crippen LogP contribution in [-0.4, -0.2) is 13.1 Å². The fraction of sp³-hybridized carbons (Fsp3) is 0.571. The van der Waals surface area contributed by atoms with E-state index in [4.69, 9.17) is 0 Å². The van der Waals surface area contributed by atoms with Crippen LogP contribution in [0.3, 0.4) is 0 Å². The first-order valence-corrected chi connectivity index (χ1v) is 6.11. The summed E-state index contributed by atoms with van der Waals surface area (Å²) in [4.78, 5) is 0. The summed E-state index contributed by atoms with van der Waals surface area (Å²) in [5.74, 6) is 0.839. The Labute approximate surface area is 92.9 Å². The molecule has 2 unspecified atom stereocenters. The standard InChI is InChI=1S/C14H21N/c1-15-14-10-6-5-9-13(14)11-12-7-3-2-4-8-12/h2-4,7-8,13-15H,5-6,9-11H2,1H3. The normalized spacial score (nSPS) is 26.5. The van der Waals surface area contributed by atoms with E-state index in [0.29, 0.717) is 0 Å². The van der Waals surface area contributed by atoms with Crippen molar-refractivity contribution in [3.8, 4) is 0 Å². The molecule has 2 atom stereocenters. The zero-order valence-electron chi connectivity index (χ0n) is 9.58. The molecule has 1 aliphatic carbocycles. The van der Waals surface area contributed by atoms with E-state index in [0.717, 1.165) is 12.0 Å². The van der Waals surface area contributed by atoms with E-state index >= 15 is 0 Å². The van der Waals surface area contributed by atoms with Gasteiger partial charge in [-0.3, -0.25) is 0 Å². The van der Waals surface area contributed by atoms with E-state index < -0.39 is 0 Å². The lowest BCUT2D eigenvalue weighted by Crippen LogP contribution is -2.37. The summed E-state index contributed by atoms with van der Waals surface area (Å²) in [6.45, 7) is 0. The molecule has 1 N–H and O–H groups in total. The minimum atomic E-state index is 0.735. The molecule has 0 radical (unpaired) electrons. The first-order chi connectivity index (χ1) is 7.40. The van der Waals surface area contributed by atoms with Gasteiger partial charge in [-0.15, -0.1) is 0 Å². The number of benzene rings is 1. The molecule has 82 valence electrons. The van der Waals surface area contributed by atoms with Crippen LogP contribution >= 0.6 is 0 Å². The maximum Gasteiger partial charge on any atom is 0.00955 e. The summed E-state index contributed by atoms with van der Waals surface area (Å²) in [5, 5.41) is 3.47. The minimum absolute atomic E-state index is 0.735. The maximum absolute atomic E-state index is 3.47. The maximum atomic E-state index is 3.47. The predicted octanol–water partition coefficient (Wildman–Crippen LogP) is 3.01. The Morgan fingerprint density at radius 3 is 2.60 bits per heavy atom. The number of hydrogen-bond donors (Lipinski definition) is 1. The van der Waals surface area contributed by atoms with Crippen LogP contribution in [0, 0.1) is 5.92 Å². The Morgan fingerprint density at radius 1 is 1.13 bits per heavy atom. The number of nitrogens with one attached hydrogen (secondary N) is 1. The fourth-order valence-electron chi connectivity index (χ4n) is 2.75. The van der Waals surface area contributed by atoms with Crippen molar-refractivity contribution in [2.45, 2.75) is 38.1 Å². The zero-order chi connectivity index (χ0) is 10.5.